The Hall–Kier alpha value is -0.980. The standard InChI is InChI=1S/C12H21F3N2O2/c1-11(2,3)19-10(18)16-8-9-4-6-17(7-5-9)12(13,14)15/h9H,4-8H2,1-3H3,(H,16,18). The Kier molecular flexibility index (Phi) is 5.06. The van der Waals surface area contributed by atoms with Gasteiger partial charge in [-0.1, -0.05) is 0 Å². The summed E-state index contributed by atoms with van der Waals surface area (Å²) in [6.07, 6.45) is -3.92. The summed E-state index contributed by atoms with van der Waals surface area (Å²) >= 11 is 0. The number of nitrogens with zero attached hydrogens (tertiary/aromatic N) is 1. The zero-order chi connectivity index (χ0) is 14.7. The van der Waals surface area contributed by atoms with Crippen LogP contribution < -0.4 is 5.32 Å². The molecular formula is C12H21F3N2O2. The maximum Gasteiger partial charge on any atom is 0.459 e. The SMILES string of the molecule is CC(C)(C)OC(=O)NCC1CCN(C(F)(F)F)CC1. The number of carbonyl (C=O) groups excluding carboxylic acids is 1. The lowest BCUT2D eigenvalue weighted by Crippen LogP contribution is -2.45. The van der Waals surface area contributed by atoms with Gasteiger partial charge in [0.1, 0.15) is 5.60 Å². The number of piperidine rings is 1. The number of hydrogen-bond donors (Lipinski definition) is 1. The third kappa shape index (κ3) is 6.13. The monoisotopic (exact) mass is 282 g/mol. The molecule has 0 aromatic rings. The highest BCUT2D eigenvalue weighted by atomic mass is 19.4. The largest absolute Gasteiger partial charge is 0.459 e. The number of nitrogens with one attached hydrogen (secondary N) is 1. The average Bonchev–Trinajstić information content (AvgIpc) is 2.23. The first-order chi connectivity index (χ1) is 8.58. The van der Waals surface area contributed by atoms with Crippen LogP contribution in [0.5, 0.6) is 0 Å². The van der Waals surface area contributed by atoms with Crippen LogP contribution in [0.25, 0.3) is 0 Å². The van der Waals surface area contributed by atoms with Gasteiger partial charge in [0, 0.05) is 19.6 Å². The highest BCUT2D eigenvalue weighted by Gasteiger charge is 2.39. The van der Waals surface area contributed by atoms with Crippen molar-refractivity contribution in [3.8, 4) is 0 Å². The Morgan fingerprint density at radius 3 is 2.21 bits per heavy atom. The minimum Gasteiger partial charge on any atom is -0.444 e. The molecule has 1 aliphatic rings. The van der Waals surface area contributed by atoms with Crippen molar-refractivity contribution in [1.29, 1.82) is 0 Å². The molecule has 1 saturated heterocycles. The molecule has 0 unspecified atom stereocenters. The number of carbonyl (C=O) groups is 1. The summed E-state index contributed by atoms with van der Waals surface area (Å²) in [6, 6.07) is 0. The van der Waals surface area contributed by atoms with Crippen LogP contribution >= 0.6 is 0 Å². The molecule has 0 radical (unpaired) electrons. The fourth-order valence-electron chi connectivity index (χ4n) is 1.93. The molecule has 0 aromatic heterocycles. The average molecular weight is 282 g/mol. The highest BCUT2D eigenvalue weighted by Crippen LogP contribution is 2.27. The predicted molar refractivity (Wildman–Crippen MR) is 64.6 cm³/mol. The van der Waals surface area contributed by atoms with Gasteiger partial charge in [-0.25, -0.2) is 9.69 Å². The molecule has 0 aliphatic carbocycles. The quantitative estimate of drug-likeness (QED) is 0.792. The lowest BCUT2D eigenvalue weighted by atomic mass is 9.97. The Morgan fingerprint density at radius 1 is 1.26 bits per heavy atom. The van der Waals surface area contributed by atoms with Gasteiger partial charge in [0.15, 0.2) is 0 Å². The summed E-state index contributed by atoms with van der Waals surface area (Å²) in [7, 11) is 0. The number of ether oxygens (including phenoxy) is 1. The van der Waals surface area contributed by atoms with Crippen LogP contribution in [-0.4, -0.2) is 42.5 Å². The molecule has 0 aromatic carbocycles. The van der Waals surface area contributed by atoms with Gasteiger partial charge in [-0.2, -0.15) is 13.2 Å². The summed E-state index contributed by atoms with van der Waals surface area (Å²) in [5.41, 5.74) is -0.566. The van der Waals surface area contributed by atoms with E-state index < -0.39 is 18.0 Å². The second-order valence-corrected chi connectivity index (χ2v) is 5.78. The summed E-state index contributed by atoms with van der Waals surface area (Å²) in [6.45, 7) is 5.62. The van der Waals surface area contributed by atoms with Crippen molar-refractivity contribution in [3.05, 3.63) is 0 Å². The number of alkyl carbamates (subject to hydrolysis) is 1. The molecule has 1 N–H and O–H groups in total. The summed E-state index contributed by atoms with van der Waals surface area (Å²) < 4.78 is 42.3. The van der Waals surface area contributed by atoms with Crippen molar-refractivity contribution >= 4 is 6.09 Å². The molecule has 0 spiro atoms. The van der Waals surface area contributed by atoms with Crippen LogP contribution in [-0.2, 0) is 4.74 Å². The maximum atomic E-state index is 12.4. The molecule has 0 atom stereocenters. The van der Waals surface area contributed by atoms with Crippen molar-refractivity contribution in [2.45, 2.75) is 45.5 Å². The van der Waals surface area contributed by atoms with Gasteiger partial charge in [-0.3, -0.25) is 0 Å². The molecule has 0 saturated carbocycles. The molecule has 7 heteroatoms. The van der Waals surface area contributed by atoms with Crippen molar-refractivity contribution in [3.63, 3.8) is 0 Å². The van der Waals surface area contributed by atoms with Gasteiger partial charge < -0.3 is 10.1 Å². The van der Waals surface area contributed by atoms with Gasteiger partial charge in [-0.15, -0.1) is 0 Å². The Morgan fingerprint density at radius 2 is 1.79 bits per heavy atom. The van der Waals surface area contributed by atoms with Crippen molar-refractivity contribution < 1.29 is 22.7 Å². The third-order valence-electron chi connectivity index (χ3n) is 2.91. The van der Waals surface area contributed by atoms with Gasteiger partial charge >= 0.3 is 12.4 Å². The first-order valence-electron chi connectivity index (χ1n) is 6.36. The first-order valence-corrected chi connectivity index (χ1v) is 6.36. The molecule has 1 aliphatic heterocycles. The Balaban J connectivity index is 2.25. The normalized spacial score (nSPS) is 19.3. The molecule has 112 valence electrons. The van der Waals surface area contributed by atoms with Crippen molar-refractivity contribution in [2.24, 2.45) is 5.92 Å². The molecule has 1 heterocycles. The predicted octanol–water partition coefficient (Wildman–Crippen LogP) is 2.74. The fourth-order valence-corrected chi connectivity index (χ4v) is 1.93. The van der Waals surface area contributed by atoms with Gasteiger partial charge in [0.05, 0.1) is 0 Å². The Labute approximate surface area is 111 Å². The van der Waals surface area contributed by atoms with Crippen LogP contribution in [0.2, 0.25) is 0 Å². The number of hydrogen-bond acceptors (Lipinski definition) is 3. The molecule has 0 bridgehead atoms. The van der Waals surface area contributed by atoms with Crippen LogP contribution in [0.4, 0.5) is 18.0 Å². The number of rotatable bonds is 2. The number of likely N-dealkylation sites (tertiary alicyclic amines) is 1. The van der Waals surface area contributed by atoms with Crippen molar-refractivity contribution in [1.82, 2.24) is 10.2 Å². The van der Waals surface area contributed by atoms with E-state index >= 15 is 0 Å². The number of halogens is 3. The molecular weight excluding hydrogens is 261 g/mol. The first kappa shape index (κ1) is 16.1. The van der Waals surface area contributed by atoms with E-state index in [9.17, 15) is 18.0 Å². The Bertz CT molecular complexity index is 305. The van der Waals surface area contributed by atoms with E-state index in [2.05, 4.69) is 5.32 Å². The molecule has 1 rings (SSSR count). The lowest BCUT2D eigenvalue weighted by Gasteiger charge is -2.33. The minimum atomic E-state index is -4.25. The van der Waals surface area contributed by atoms with E-state index in [1.807, 2.05) is 0 Å². The van der Waals surface area contributed by atoms with E-state index in [1.165, 1.54) is 0 Å². The topological polar surface area (TPSA) is 41.6 Å². The summed E-state index contributed by atoms with van der Waals surface area (Å²) in [5, 5.41) is 2.60. The zero-order valence-corrected chi connectivity index (χ0v) is 11.5. The third-order valence-corrected chi connectivity index (χ3v) is 2.91. The van der Waals surface area contributed by atoms with E-state index in [4.69, 9.17) is 4.74 Å². The molecule has 1 amide bonds. The smallest absolute Gasteiger partial charge is 0.444 e. The van der Waals surface area contributed by atoms with E-state index in [0.29, 0.717) is 24.3 Å². The second-order valence-electron chi connectivity index (χ2n) is 5.78. The van der Waals surface area contributed by atoms with Gasteiger partial charge in [0.25, 0.3) is 0 Å². The van der Waals surface area contributed by atoms with Gasteiger partial charge in [0.2, 0.25) is 0 Å². The molecule has 1 fully saturated rings. The van der Waals surface area contributed by atoms with E-state index in [1.54, 1.807) is 20.8 Å². The van der Waals surface area contributed by atoms with Crippen LogP contribution in [0.3, 0.4) is 0 Å². The minimum absolute atomic E-state index is 0.00976. The van der Waals surface area contributed by atoms with E-state index in [-0.39, 0.29) is 19.0 Å². The molecule has 19 heavy (non-hydrogen) atoms. The van der Waals surface area contributed by atoms with Crippen molar-refractivity contribution in [2.75, 3.05) is 19.6 Å². The summed E-state index contributed by atoms with van der Waals surface area (Å²) in [4.78, 5) is 11.9. The number of alkyl halides is 3. The summed E-state index contributed by atoms with van der Waals surface area (Å²) in [5.74, 6) is 0.0751. The highest BCUT2D eigenvalue weighted by molar-refractivity contribution is 5.67. The lowest BCUT2D eigenvalue weighted by molar-refractivity contribution is -0.251. The van der Waals surface area contributed by atoms with Gasteiger partial charge in [-0.05, 0) is 39.5 Å². The van der Waals surface area contributed by atoms with Crippen LogP contribution in [0.15, 0.2) is 0 Å². The van der Waals surface area contributed by atoms with Crippen LogP contribution in [0, 0.1) is 5.92 Å². The fraction of sp³-hybridized carbons (Fsp3) is 0.917. The zero-order valence-electron chi connectivity index (χ0n) is 11.5. The van der Waals surface area contributed by atoms with E-state index in [0.717, 1.165) is 0 Å². The molecule has 4 nitrogen and oxygen atoms in total. The number of amides is 1. The van der Waals surface area contributed by atoms with Crippen LogP contribution in [0.1, 0.15) is 33.6 Å². The second kappa shape index (κ2) is 5.98. The maximum absolute atomic E-state index is 12.4.